The minimum atomic E-state index is 0.637. The Kier molecular flexibility index (Phi) is 5.70. The van der Waals surface area contributed by atoms with Crippen LogP contribution in [0.5, 0.6) is 0 Å². The summed E-state index contributed by atoms with van der Waals surface area (Å²) in [7, 11) is 0. The second kappa shape index (κ2) is 7.07. The zero-order chi connectivity index (χ0) is 13.8. The molecule has 4 heteroatoms. The van der Waals surface area contributed by atoms with Gasteiger partial charge in [-0.25, -0.2) is 0 Å². The normalized spacial score (nSPS) is 25.1. The molecule has 2 heterocycles. The van der Waals surface area contributed by atoms with E-state index in [1.165, 1.54) is 17.7 Å². The summed E-state index contributed by atoms with van der Waals surface area (Å²) in [6, 6.07) is 5.47. The molecule has 0 spiro atoms. The lowest BCUT2D eigenvalue weighted by Gasteiger charge is -2.40. The Hall–Kier alpha value is -0.0900. The number of hydrogen-bond acceptors (Lipinski definition) is 3. The lowest BCUT2D eigenvalue weighted by molar-refractivity contribution is 0.112. The average Bonchev–Trinajstić information content (AvgIpc) is 2.74. The summed E-state index contributed by atoms with van der Waals surface area (Å²) in [4.78, 5) is 4.01. The fraction of sp³-hybridized carbons (Fsp3) is 0.733. The van der Waals surface area contributed by atoms with Crippen molar-refractivity contribution in [3.63, 3.8) is 0 Å². The van der Waals surface area contributed by atoms with Crippen LogP contribution < -0.4 is 5.32 Å². The van der Waals surface area contributed by atoms with E-state index in [0.717, 1.165) is 29.9 Å². The molecule has 2 rings (SSSR count). The van der Waals surface area contributed by atoms with Crippen molar-refractivity contribution < 1.29 is 0 Å². The maximum Gasteiger partial charge on any atom is 0.0931 e. The number of halogens is 1. The predicted molar refractivity (Wildman–Crippen MR) is 85.1 cm³/mol. The molecule has 0 saturated carbocycles. The largest absolute Gasteiger partial charge is 0.311 e. The van der Waals surface area contributed by atoms with Crippen LogP contribution >= 0.6 is 22.9 Å². The van der Waals surface area contributed by atoms with Crippen molar-refractivity contribution in [2.75, 3.05) is 13.1 Å². The van der Waals surface area contributed by atoms with Gasteiger partial charge in [0.25, 0.3) is 0 Å². The number of hydrogen-bond donors (Lipinski definition) is 1. The van der Waals surface area contributed by atoms with E-state index in [2.05, 4.69) is 37.1 Å². The van der Waals surface area contributed by atoms with Gasteiger partial charge in [-0.05, 0) is 30.9 Å². The van der Waals surface area contributed by atoms with E-state index in [0.29, 0.717) is 12.1 Å². The van der Waals surface area contributed by atoms with E-state index in [4.69, 9.17) is 11.6 Å². The Morgan fingerprint density at radius 2 is 2.26 bits per heavy atom. The van der Waals surface area contributed by atoms with Crippen LogP contribution in [0.15, 0.2) is 12.1 Å². The summed E-state index contributed by atoms with van der Waals surface area (Å²) < 4.78 is 0.900. The van der Waals surface area contributed by atoms with E-state index in [-0.39, 0.29) is 0 Å². The molecule has 1 aromatic heterocycles. The highest BCUT2D eigenvalue weighted by Crippen LogP contribution is 2.25. The summed E-state index contributed by atoms with van der Waals surface area (Å²) in [5, 5.41) is 3.71. The van der Waals surface area contributed by atoms with Gasteiger partial charge in [-0.2, -0.15) is 0 Å². The topological polar surface area (TPSA) is 15.3 Å². The molecule has 1 aromatic rings. The first-order valence-electron chi connectivity index (χ1n) is 7.30. The smallest absolute Gasteiger partial charge is 0.0931 e. The first-order chi connectivity index (χ1) is 9.08. The lowest BCUT2D eigenvalue weighted by Crippen LogP contribution is -2.56. The van der Waals surface area contributed by atoms with Crippen molar-refractivity contribution in [1.82, 2.24) is 10.2 Å². The van der Waals surface area contributed by atoms with Crippen LogP contribution in [0, 0.1) is 5.92 Å². The van der Waals surface area contributed by atoms with Crippen LogP contribution in [-0.2, 0) is 6.54 Å². The number of nitrogens with one attached hydrogen (secondary N) is 1. The van der Waals surface area contributed by atoms with E-state index >= 15 is 0 Å². The van der Waals surface area contributed by atoms with Gasteiger partial charge in [0, 0.05) is 36.6 Å². The zero-order valence-electron chi connectivity index (χ0n) is 12.2. The third-order valence-electron chi connectivity index (χ3n) is 3.83. The van der Waals surface area contributed by atoms with E-state index in [1.807, 2.05) is 6.07 Å². The van der Waals surface area contributed by atoms with E-state index in [9.17, 15) is 0 Å². The summed E-state index contributed by atoms with van der Waals surface area (Å²) in [6.45, 7) is 10.2. The van der Waals surface area contributed by atoms with Gasteiger partial charge in [0.1, 0.15) is 0 Å². The highest BCUT2D eigenvalue weighted by molar-refractivity contribution is 7.16. The van der Waals surface area contributed by atoms with Crippen molar-refractivity contribution >= 4 is 22.9 Å². The standard InChI is InChI=1S/C15H25ClN2S/c1-4-13-8-17-12(7-11(2)3)9-18(13)10-14-5-6-15(16)19-14/h5-6,11-13,17H,4,7-10H2,1-3H3. The summed E-state index contributed by atoms with van der Waals surface area (Å²) >= 11 is 7.75. The quantitative estimate of drug-likeness (QED) is 0.884. The molecule has 2 unspecified atom stereocenters. The Morgan fingerprint density at radius 1 is 1.47 bits per heavy atom. The van der Waals surface area contributed by atoms with Crippen LogP contribution in [0.3, 0.4) is 0 Å². The maximum absolute atomic E-state index is 6.03. The van der Waals surface area contributed by atoms with Gasteiger partial charge in [0.05, 0.1) is 4.34 Å². The Bertz CT molecular complexity index is 391. The minimum absolute atomic E-state index is 0.637. The Labute approximate surface area is 126 Å². The summed E-state index contributed by atoms with van der Waals surface area (Å²) in [6.07, 6.45) is 2.47. The molecule has 1 aliphatic heterocycles. The van der Waals surface area contributed by atoms with Gasteiger partial charge in [0.2, 0.25) is 0 Å². The molecule has 0 bridgehead atoms. The number of piperazine rings is 1. The van der Waals surface area contributed by atoms with Crippen molar-refractivity contribution in [2.45, 2.75) is 52.2 Å². The third kappa shape index (κ3) is 4.45. The van der Waals surface area contributed by atoms with Gasteiger partial charge >= 0.3 is 0 Å². The highest BCUT2D eigenvalue weighted by atomic mass is 35.5. The second-order valence-corrected chi connectivity index (χ2v) is 7.73. The molecule has 1 fully saturated rings. The lowest BCUT2D eigenvalue weighted by atomic mass is 9.99. The van der Waals surface area contributed by atoms with Crippen LogP contribution in [-0.4, -0.2) is 30.1 Å². The van der Waals surface area contributed by atoms with Crippen LogP contribution in [0.25, 0.3) is 0 Å². The monoisotopic (exact) mass is 300 g/mol. The summed E-state index contributed by atoms with van der Waals surface area (Å²) in [5.74, 6) is 0.758. The fourth-order valence-electron chi connectivity index (χ4n) is 2.89. The number of rotatable bonds is 5. The molecule has 19 heavy (non-hydrogen) atoms. The maximum atomic E-state index is 6.03. The van der Waals surface area contributed by atoms with Crippen LogP contribution in [0.2, 0.25) is 4.34 Å². The molecule has 1 N–H and O–H groups in total. The van der Waals surface area contributed by atoms with Crippen molar-refractivity contribution in [2.24, 2.45) is 5.92 Å². The molecule has 0 radical (unpaired) electrons. The van der Waals surface area contributed by atoms with Gasteiger partial charge < -0.3 is 5.32 Å². The number of nitrogens with zero attached hydrogens (tertiary/aromatic N) is 1. The van der Waals surface area contributed by atoms with E-state index < -0.39 is 0 Å². The van der Waals surface area contributed by atoms with Crippen molar-refractivity contribution in [3.05, 3.63) is 21.3 Å². The van der Waals surface area contributed by atoms with Crippen LogP contribution in [0.4, 0.5) is 0 Å². The summed E-state index contributed by atoms with van der Waals surface area (Å²) in [5.41, 5.74) is 0. The average molecular weight is 301 g/mol. The molecule has 0 aliphatic carbocycles. The van der Waals surface area contributed by atoms with Gasteiger partial charge in [-0.3, -0.25) is 4.90 Å². The third-order valence-corrected chi connectivity index (χ3v) is 5.04. The van der Waals surface area contributed by atoms with Crippen LogP contribution in [0.1, 0.15) is 38.5 Å². The van der Waals surface area contributed by atoms with Crippen molar-refractivity contribution in [1.29, 1.82) is 0 Å². The molecule has 1 saturated heterocycles. The number of thiophene rings is 1. The Balaban J connectivity index is 1.97. The van der Waals surface area contributed by atoms with Gasteiger partial charge in [-0.15, -0.1) is 11.3 Å². The molecule has 2 nitrogen and oxygen atoms in total. The molecule has 2 atom stereocenters. The molecular weight excluding hydrogens is 276 g/mol. The zero-order valence-corrected chi connectivity index (χ0v) is 13.7. The first kappa shape index (κ1) is 15.3. The van der Waals surface area contributed by atoms with Gasteiger partial charge in [0.15, 0.2) is 0 Å². The van der Waals surface area contributed by atoms with Crippen molar-refractivity contribution in [3.8, 4) is 0 Å². The molecule has 0 amide bonds. The first-order valence-corrected chi connectivity index (χ1v) is 8.49. The predicted octanol–water partition coefficient (Wildman–Crippen LogP) is 4.00. The van der Waals surface area contributed by atoms with E-state index in [1.54, 1.807) is 11.3 Å². The Morgan fingerprint density at radius 3 is 2.84 bits per heavy atom. The molecule has 0 aromatic carbocycles. The highest BCUT2D eigenvalue weighted by Gasteiger charge is 2.27. The molecule has 1 aliphatic rings. The second-order valence-electron chi connectivity index (χ2n) is 5.93. The minimum Gasteiger partial charge on any atom is -0.311 e. The molecule has 108 valence electrons. The SMILES string of the molecule is CCC1CNC(CC(C)C)CN1Cc1ccc(Cl)s1. The fourth-order valence-corrected chi connectivity index (χ4v) is 4.00. The van der Waals surface area contributed by atoms with Gasteiger partial charge in [-0.1, -0.05) is 32.4 Å². The molecular formula is C15H25ClN2S.